The van der Waals surface area contributed by atoms with Crippen molar-refractivity contribution in [3.63, 3.8) is 0 Å². The fraction of sp³-hybridized carbons (Fsp3) is 0.462. The van der Waals surface area contributed by atoms with Crippen LogP contribution in [0.3, 0.4) is 0 Å². The van der Waals surface area contributed by atoms with E-state index in [2.05, 4.69) is 9.46 Å². The zero-order valence-electron chi connectivity index (χ0n) is 12.0. The second-order valence-electron chi connectivity index (χ2n) is 4.43. The van der Waals surface area contributed by atoms with Gasteiger partial charge in [-0.1, -0.05) is 30.3 Å². The van der Waals surface area contributed by atoms with Gasteiger partial charge in [0.25, 0.3) is 10.2 Å². The van der Waals surface area contributed by atoms with Crippen LogP contribution in [-0.2, 0) is 19.7 Å². The number of nitrogens with zero attached hydrogens (tertiary/aromatic N) is 1. The summed E-state index contributed by atoms with van der Waals surface area (Å²) in [7, 11) is -1.16. The molecule has 7 nitrogen and oxygen atoms in total. The second-order valence-corrected chi connectivity index (χ2v) is 6.29. The number of benzene rings is 1. The summed E-state index contributed by atoms with van der Waals surface area (Å²) >= 11 is 0. The van der Waals surface area contributed by atoms with Crippen molar-refractivity contribution < 1.29 is 23.1 Å². The molecule has 0 amide bonds. The van der Waals surface area contributed by atoms with Gasteiger partial charge in [0.05, 0.1) is 19.6 Å². The molecule has 0 radical (unpaired) electrons. The summed E-state index contributed by atoms with van der Waals surface area (Å²) < 4.78 is 31.6. The first-order valence-corrected chi connectivity index (χ1v) is 7.81. The summed E-state index contributed by atoms with van der Waals surface area (Å²) in [5.41, 5.74) is 0.623. The lowest BCUT2D eigenvalue weighted by Crippen LogP contribution is -2.41. The van der Waals surface area contributed by atoms with Gasteiger partial charge in [-0.3, -0.25) is 4.79 Å². The Bertz CT molecular complexity index is 547. The molecule has 0 bridgehead atoms. The summed E-state index contributed by atoms with van der Waals surface area (Å²) in [6, 6.07) is 8.74. The number of ether oxygens (including phenoxy) is 1. The summed E-state index contributed by atoms with van der Waals surface area (Å²) in [6.07, 6.45) is -0.968. The lowest BCUT2D eigenvalue weighted by Gasteiger charge is -2.19. The minimum atomic E-state index is -3.75. The molecule has 0 saturated carbocycles. The van der Waals surface area contributed by atoms with E-state index >= 15 is 0 Å². The molecule has 1 aromatic carbocycles. The molecule has 1 atom stereocenters. The molecule has 1 aromatic rings. The second kappa shape index (κ2) is 8.08. The largest absolute Gasteiger partial charge is 0.469 e. The van der Waals surface area contributed by atoms with Gasteiger partial charge in [0.15, 0.2) is 0 Å². The number of carbonyl (C=O) groups is 1. The van der Waals surface area contributed by atoms with Gasteiger partial charge in [0, 0.05) is 20.1 Å². The van der Waals surface area contributed by atoms with Gasteiger partial charge in [0.2, 0.25) is 0 Å². The molecule has 1 unspecified atom stereocenters. The van der Waals surface area contributed by atoms with Crippen LogP contribution in [0.1, 0.15) is 18.1 Å². The number of rotatable bonds is 8. The molecule has 0 aliphatic rings. The van der Waals surface area contributed by atoms with Crippen molar-refractivity contribution in [2.45, 2.75) is 12.5 Å². The Morgan fingerprint density at radius 1 is 1.38 bits per heavy atom. The highest BCUT2D eigenvalue weighted by molar-refractivity contribution is 7.87. The average molecular weight is 316 g/mol. The van der Waals surface area contributed by atoms with Crippen LogP contribution in [0.15, 0.2) is 30.3 Å². The van der Waals surface area contributed by atoms with E-state index in [9.17, 15) is 18.3 Å². The maximum absolute atomic E-state index is 11.9. The third-order valence-corrected chi connectivity index (χ3v) is 4.45. The Kier molecular flexibility index (Phi) is 6.76. The Morgan fingerprint density at radius 3 is 2.57 bits per heavy atom. The van der Waals surface area contributed by atoms with Crippen molar-refractivity contribution in [1.82, 2.24) is 9.03 Å². The normalized spacial score (nSPS) is 13.1. The number of esters is 1. The van der Waals surface area contributed by atoms with Crippen LogP contribution in [0.2, 0.25) is 0 Å². The third kappa shape index (κ3) is 5.80. The van der Waals surface area contributed by atoms with Crippen LogP contribution in [-0.4, -0.2) is 51.0 Å². The van der Waals surface area contributed by atoms with E-state index in [1.807, 2.05) is 0 Å². The standard InChI is InChI=1S/C13H20N2O5S/c1-15(9-8-13(17)20-2)21(18,19)14-10-12(16)11-6-4-3-5-7-11/h3-7,12,14,16H,8-10H2,1-2H3. The van der Waals surface area contributed by atoms with Gasteiger partial charge in [-0.15, -0.1) is 0 Å². The quantitative estimate of drug-likeness (QED) is 0.661. The molecule has 2 N–H and O–H groups in total. The van der Waals surface area contributed by atoms with Crippen LogP contribution >= 0.6 is 0 Å². The average Bonchev–Trinajstić information content (AvgIpc) is 2.50. The van der Waals surface area contributed by atoms with Crippen molar-refractivity contribution in [3.05, 3.63) is 35.9 Å². The van der Waals surface area contributed by atoms with Gasteiger partial charge in [-0.05, 0) is 5.56 Å². The van der Waals surface area contributed by atoms with Crippen molar-refractivity contribution in [2.24, 2.45) is 0 Å². The van der Waals surface area contributed by atoms with Crippen molar-refractivity contribution in [1.29, 1.82) is 0 Å². The fourth-order valence-electron chi connectivity index (χ4n) is 1.56. The van der Waals surface area contributed by atoms with Crippen molar-refractivity contribution >= 4 is 16.2 Å². The number of methoxy groups -OCH3 is 1. The maximum Gasteiger partial charge on any atom is 0.306 e. The van der Waals surface area contributed by atoms with E-state index in [-0.39, 0.29) is 19.5 Å². The van der Waals surface area contributed by atoms with Crippen LogP contribution < -0.4 is 4.72 Å². The SMILES string of the molecule is COC(=O)CCN(C)S(=O)(=O)NCC(O)c1ccccc1. The molecular weight excluding hydrogens is 296 g/mol. The summed E-state index contributed by atoms with van der Waals surface area (Å²) in [5, 5.41) is 9.90. The van der Waals surface area contributed by atoms with Crippen molar-refractivity contribution in [3.8, 4) is 0 Å². The van der Waals surface area contributed by atoms with Crippen molar-refractivity contribution in [2.75, 3.05) is 27.2 Å². The monoisotopic (exact) mass is 316 g/mol. The smallest absolute Gasteiger partial charge is 0.306 e. The number of carbonyl (C=O) groups excluding carboxylic acids is 1. The minimum Gasteiger partial charge on any atom is -0.469 e. The zero-order valence-corrected chi connectivity index (χ0v) is 12.8. The fourth-order valence-corrected chi connectivity index (χ4v) is 2.48. The molecule has 0 spiro atoms. The summed E-state index contributed by atoms with van der Waals surface area (Å²) in [6.45, 7) is -0.141. The molecule has 8 heteroatoms. The Labute approximate surface area is 124 Å². The highest BCUT2D eigenvalue weighted by Crippen LogP contribution is 2.11. The first-order valence-electron chi connectivity index (χ1n) is 6.37. The lowest BCUT2D eigenvalue weighted by molar-refractivity contribution is -0.140. The van der Waals surface area contributed by atoms with E-state index in [1.54, 1.807) is 30.3 Å². The number of hydrogen-bond acceptors (Lipinski definition) is 5. The van der Waals surface area contributed by atoms with E-state index < -0.39 is 22.3 Å². The van der Waals surface area contributed by atoms with Crippen LogP contribution in [0, 0.1) is 0 Å². The third-order valence-electron chi connectivity index (χ3n) is 2.91. The molecule has 1 rings (SSSR count). The Balaban J connectivity index is 2.50. The van der Waals surface area contributed by atoms with Crippen LogP contribution in [0.5, 0.6) is 0 Å². The molecule has 0 saturated heterocycles. The number of hydrogen-bond donors (Lipinski definition) is 2. The first kappa shape index (κ1) is 17.6. The van der Waals surface area contributed by atoms with Crippen LogP contribution in [0.4, 0.5) is 0 Å². The minimum absolute atomic E-state index is 0.00341. The van der Waals surface area contributed by atoms with Gasteiger partial charge in [0.1, 0.15) is 0 Å². The Hall–Kier alpha value is -1.48. The van der Waals surface area contributed by atoms with Gasteiger partial charge in [-0.2, -0.15) is 17.4 Å². The number of aliphatic hydroxyl groups is 1. The molecule has 0 aromatic heterocycles. The van der Waals surface area contributed by atoms with E-state index in [0.717, 1.165) is 4.31 Å². The Morgan fingerprint density at radius 2 is 2.00 bits per heavy atom. The van der Waals surface area contributed by atoms with E-state index in [1.165, 1.54) is 14.2 Å². The topological polar surface area (TPSA) is 95.9 Å². The van der Waals surface area contributed by atoms with E-state index in [0.29, 0.717) is 5.56 Å². The molecule has 118 valence electrons. The molecule has 0 aliphatic heterocycles. The predicted octanol–water partition coefficient (Wildman–Crippen LogP) is 0.0493. The maximum atomic E-state index is 11.9. The molecule has 0 fully saturated rings. The highest BCUT2D eigenvalue weighted by Gasteiger charge is 2.20. The molecule has 0 aliphatic carbocycles. The van der Waals surface area contributed by atoms with Gasteiger partial charge < -0.3 is 9.84 Å². The summed E-state index contributed by atoms with van der Waals surface area (Å²) in [5.74, 6) is -0.485. The molecule has 0 heterocycles. The summed E-state index contributed by atoms with van der Waals surface area (Å²) in [4.78, 5) is 11.0. The lowest BCUT2D eigenvalue weighted by atomic mass is 10.1. The van der Waals surface area contributed by atoms with Gasteiger partial charge in [-0.25, -0.2) is 0 Å². The number of nitrogens with one attached hydrogen (secondary N) is 1. The van der Waals surface area contributed by atoms with Crippen LogP contribution in [0.25, 0.3) is 0 Å². The van der Waals surface area contributed by atoms with Gasteiger partial charge >= 0.3 is 5.97 Å². The zero-order chi connectivity index (χ0) is 15.9. The highest BCUT2D eigenvalue weighted by atomic mass is 32.2. The molecular formula is C13H20N2O5S. The number of aliphatic hydroxyl groups excluding tert-OH is 1. The first-order chi connectivity index (χ1) is 9.86. The molecule has 21 heavy (non-hydrogen) atoms. The van der Waals surface area contributed by atoms with E-state index in [4.69, 9.17) is 0 Å². The predicted molar refractivity (Wildman–Crippen MR) is 77.6 cm³/mol.